The molecule has 2 nitrogen and oxygen atoms in total. The van der Waals surface area contributed by atoms with E-state index >= 15 is 0 Å². The Morgan fingerprint density at radius 3 is 2.12 bits per heavy atom. The third-order valence-electron chi connectivity index (χ3n) is 2.56. The maximum atomic E-state index is 11.6. The number of benzene rings is 2. The van der Waals surface area contributed by atoms with Crippen molar-refractivity contribution in [2.75, 3.05) is 6.54 Å². The summed E-state index contributed by atoms with van der Waals surface area (Å²) in [7, 11) is 0. The van der Waals surface area contributed by atoms with Gasteiger partial charge in [-0.25, -0.2) is 4.74 Å². The number of hydrogen-bond donors (Lipinski definition) is 0. The highest BCUT2D eigenvalue weighted by Crippen LogP contribution is 2.00. The molecule has 0 spiro atoms. The molecule has 2 aromatic rings. The number of nitrogens with zero attached hydrogens (tertiary/aromatic N) is 1. The van der Waals surface area contributed by atoms with E-state index in [0.29, 0.717) is 6.54 Å². The maximum Gasteiger partial charge on any atom is 0.181 e. The molecule has 2 heteroatoms. The Balaban J connectivity index is 1.94. The molecular formula is C15H15NO. The van der Waals surface area contributed by atoms with Gasteiger partial charge < -0.3 is 5.21 Å². The average molecular weight is 225 g/mol. The van der Waals surface area contributed by atoms with Crippen LogP contribution in [-0.2, 0) is 6.42 Å². The highest BCUT2D eigenvalue weighted by molar-refractivity contribution is 5.75. The Morgan fingerprint density at radius 2 is 1.47 bits per heavy atom. The summed E-state index contributed by atoms with van der Waals surface area (Å²) in [5.74, 6) is 0. The molecule has 0 bridgehead atoms. The van der Waals surface area contributed by atoms with Crippen LogP contribution in [0.4, 0.5) is 0 Å². The first kappa shape index (κ1) is 11.4. The fourth-order valence-corrected chi connectivity index (χ4v) is 1.65. The van der Waals surface area contributed by atoms with Gasteiger partial charge in [-0.2, -0.15) is 0 Å². The topological polar surface area (TPSA) is 26.1 Å². The van der Waals surface area contributed by atoms with E-state index in [1.807, 2.05) is 60.7 Å². The predicted octanol–water partition coefficient (Wildman–Crippen LogP) is 2.86. The van der Waals surface area contributed by atoms with E-state index in [1.54, 1.807) is 6.21 Å². The Bertz CT molecular complexity index is 477. The molecule has 0 heterocycles. The summed E-state index contributed by atoms with van der Waals surface area (Å²) in [5.41, 5.74) is 2.13. The van der Waals surface area contributed by atoms with Crippen LogP contribution in [0.3, 0.4) is 0 Å². The molecule has 0 aliphatic rings. The Morgan fingerprint density at radius 1 is 0.882 bits per heavy atom. The molecule has 2 aromatic carbocycles. The van der Waals surface area contributed by atoms with Gasteiger partial charge in [0.2, 0.25) is 0 Å². The second-order valence-electron chi connectivity index (χ2n) is 3.92. The van der Waals surface area contributed by atoms with Crippen LogP contribution in [0.25, 0.3) is 0 Å². The molecule has 0 saturated carbocycles. The van der Waals surface area contributed by atoms with E-state index < -0.39 is 0 Å². The fraction of sp³-hybridized carbons (Fsp3) is 0.133. The predicted molar refractivity (Wildman–Crippen MR) is 70.2 cm³/mol. The van der Waals surface area contributed by atoms with E-state index in [9.17, 15) is 5.21 Å². The van der Waals surface area contributed by atoms with Gasteiger partial charge in [-0.3, -0.25) is 0 Å². The molecule has 0 amide bonds. The van der Waals surface area contributed by atoms with Crippen LogP contribution in [0.2, 0.25) is 0 Å². The minimum Gasteiger partial charge on any atom is -0.624 e. The van der Waals surface area contributed by atoms with Gasteiger partial charge in [0.15, 0.2) is 12.8 Å². The van der Waals surface area contributed by atoms with E-state index in [-0.39, 0.29) is 0 Å². The molecule has 2 rings (SSSR count). The van der Waals surface area contributed by atoms with Gasteiger partial charge in [0, 0.05) is 12.0 Å². The molecular weight excluding hydrogens is 210 g/mol. The van der Waals surface area contributed by atoms with Gasteiger partial charge in [0.05, 0.1) is 0 Å². The third kappa shape index (κ3) is 3.76. The van der Waals surface area contributed by atoms with Crippen LogP contribution >= 0.6 is 0 Å². The molecule has 86 valence electrons. The van der Waals surface area contributed by atoms with Gasteiger partial charge in [-0.15, -0.1) is 0 Å². The molecule has 17 heavy (non-hydrogen) atoms. The summed E-state index contributed by atoms with van der Waals surface area (Å²) in [6, 6.07) is 19.7. The first-order valence-electron chi connectivity index (χ1n) is 5.72. The van der Waals surface area contributed by atoms with Crippen LogP contribution in [0.5, 0.6) is 0 Å². The number of hydroxylamine groups is 1. The van der Waals surface area contributed by atoms with Crippen molar-refractivity contribution in [2.45, 2.75) is 6.42 Å². The molecule has 0 atom stereocenters. The van der Waals surface area contributed by atoms with E-state index in [4.69, 9.17) is 0 Å². The van der Waals surface area contributed by atoms with Crippen LogP contribution in [0.1, 0.15) is 11.1 Å². The van der Waals surface area contributed by atoms with Crippen LogP contribution in [-0.4, -0.2) is 17.5 Å². The Labute approximate surface area is 101 Å². The highest BCUT2D eigenvalue weighted by Gasteiger charge is 1.97. The van der Waals surface area contributed by atoms with Gasteiger partial charge in [0.1, 0.15) is 0 Å². The molecule has 0 fully saturated rings. The van der Waals surface area contributed by atoms with Crippen molar-refractivity contribution in [2.24, 2.45) is 0 Å². The van der Waals surface area contributed by atoms with Gasteiger partial charge in [0.25, 0.3) is 0 Å². The summed E-state index contributed by atoms with van der Waals surface area (Å²) in [4.78, 5) is 0. The molecule has 0 aromatic heterocycles. The summed E-state index contributed by atoms with van der Waals surface area (Å²) in [6.45, 7) is 0.485. The average Bonchev–Trinajstić information content (AvgIpc) is 2.39. The van der Waals surface area contributed by atoms with Crippen LogP contribution in [0, 0.1) is 5.21 Å². The smallest absolute Gasteiger partial charge is 0.181 e. The minimum absolute atomic E-state index is 0.485. The normalized spacial score (nSPS) is 11.4. The summed E-state index contributed by atoms with van der Waals surface area (Å²) < 4.78 is 0.988. The summed E-state index contributed by atoms with van der Waals surface area (Å²) in [5, 5.41) is 11.6. The van der Waals surface area contributed by atoms with Gasteiger partial charge in [-0.1, -0.05) is 48.5 Å². The fourth-order valence-electron chi connectivity index (χ4n) is 1.65. The Hall–Kier alpha value is -2.09. The maximum absolute atomic E-state index is 11.6. The quantitative estimate of drug-likeness (QED) is 0.340. The molecule has 0 aliphatic carbocycles. The molecule has 0 unspecified atom stereocenters. The Kier molecular flexibility index (Phi) is 3.92. The van der Waals surface area contributed by atoms with Crippen molar-refractivity contribution in [3.63, 3.8) is 0 Å². The summed E-state index contributed by atoms with van der Waals surface area (Å²) >= 11 is 0. The third-order valence-corrected chi connectivity index (χ3v) is 2.56. The zero-order valence-electron chi connectivity index (χ0n) is 9.62. The zero-order valence-corrected chi connectivity index (χ0v) is 9.62. The first-order chi connectivity index (χ1) is 8.34. The molecule has 0 N–H and O–H groups in total. The second kappa shape index (κ2) is 5.85. The number of hydrogen-bond acceptors (Lipinski definition) is 1. The van der Waals surface area contributed by atoms with Crippen molar-refractivity contribution in [3.8, 4) is 0 Å². The summed E-state index contributed by atoms with van der Waals surface area (Å²) in [6.07, 6.45) is 2.40. The van der Waals surface area contributed by atoms with Crippen molar-refractivity contribution < 1.29 is 4.74 Å². The van der Waals surface area contributed by atoms with Crippen LogP contribution in [0.15, 0.2) is 60.7 Å². The van der Waals surface area contributed by atoms with E-state index in [1.165, 1.54) is 5.56 Å². The van der Waals surface area contributed by atoms with Crippen molar-refractivity contribution in [1.82, 2.24) is 0 Å². The zero-order chi connectivity index (χ0) is 11.9. The first-order valence-corrected chi connectivity index (χ1v) is 5.72. The lowest BCUT2D eigenvalue weighted by atomic mass is 10.1. The van der Waals surface area contributed by atoms with Crippen molar-refractivity contribution in [1.29, 1.82) is 0 Å². The second-order valence-corrected chi connectivity index (χ2v) is 3.92. The standard InChI is InChI=1S/C15H15NO/c17-16(13-15-9-5-2-6-10-15)12-11-14-7-3-1-4-8-14/h1-10,13H,11-12H2. The van der Waals surface area contributed by atoms with Gasteiger partial charge >= 0.3 is 0 Å². The van der Waals surface area contributed by atoms with Crippen molar-refractivity contribution in [3.05, 3.63) is 77.0 Å². The van der Waals surface area contributed by atoms with Crippen LogP contribution < -0.4 is 0 Å². The number of rotatable bonds is 4. The molecule has 0 saturated heterocycles. The molecule has 0 aliphatic heterocycles. The molecule has 0 radical (unpaired) electrons. The lowest BCUT2D eigenvalue weighted by Crippen LogP contribution is -2.10. The van der Waals surface area contributed by atoms with Gasteiger partial charge in [-0.05, 0) is 17.7 Å². The lowest BCUT2D eigenvalue weighted by molar-refractivity contribution is -0.451. The lowest BCUT2D eigenvalue weighted by Gasteiger charge is -2.04. The monoisotopic (exact) mass is 225 g/mol. The van der Waals surface area contributed by atoms with E-state index in [2.05, 4.69) is 0 Å². The minimum atomic E-state index is 0.485. The van der Waals surface area contributed by atoms with Crippen molar-refractivity contribution >= 4 is 6.21 Å². The highest BCUT2D eigenvalue weighted by atomic mass is 16.5. The van der Waals surface area contributed by atoms with E-state index in [0.717, 1.165) is 16.7 Å². The largest absolute Gasteiger partial charge is 0.624 e. The SMILES string of the molecule is [O-][N+](=Cc1ccccc1)CCc1ccccc1.